The van der Waals surface area contributed by atoms with Crippen LogP contribution in [0.15, 0.2) is 102 Å². The van der Waals surface area contributed by atoms with Gasteiger partial charge < -0.3 is 5.11 Å². The molecular weight excluding hydrogens is 460 g/mol. The molecule has 0 aliphatic heterocycles. The van der Waals surface area contributed by atoms with Crippen molar-refractivity contribution in [2.45, 2.75) is 16.9 Å². The number of nitrogens with zero attached hydrogens (tertiary/aromatic N) is 2. The molecule has 0 saturated carbocycles. The molecule has 0 radical (unpaired) electrons. The molecule has 0 aliphatic rings. The first-order valence-electron chi connectivity index (χ1n) is 10.9. The molecule has 4 rings (SSSR count). The lowest BCUT2D eigenvalue weighted by Crippen LogP contribution is -2.20. The van der Waals surface area contributed by atoms with Crippen molar-refractivity contribution in [2.75, 3.05) is 11.5 Å². The van der Waals surface area contributed by atoms with Crippen molar-refractivity contribution in [3.63, 3.8) is 0 Å². The zero-order valence-electron chi connectivity index (χ0n) is 18.5. The minimum Gasteiger partial charge on any atom is -0.391 e. The van der Waals surface area contributed by atoms with E-state index in [-0.39, 0.29) is 5.75 Å². The van der Waals surface area contributed by atoms with Crippen LogP contribution in [0, 0.1) is 11.3 Å². The Kier molecular flexibility index (Phi) is 8.26. The van der Waals surface area contributed by atoms with Crippen molar-refractivity contribution in [3.8, 4) is 28.5 Å². The van der Waals surface area contributed by atoms with Crippen LogP contribution >= 0.6 is 11.8 Å². The number of thioether (sulfide) groups is 1. The van der Waals surface area contributed by atoms with Crippen LogP contribution in [0.3, 0.4) is 0 Å². The molecule has 1 N–H and O–H groups in total. The van der Waals surface area contributed by atoms with Gasteiger partial charge in [-0.1, -0.05) is 91.0 Å². The van der Waals surface area contributed by atoms with Gasteiger partial charge in [-0.2, -0.15) is 5.26 Å². The van der Waals surface area contributed by atoms with Gasteiger partial charge in [0.05, 0.1) is 23.1 Å². The predicted molar refractivity (Wildman–Crippen MR) is 140 cm³/mol. The molecule has 4 aromatic rings. The van der Waals surface area contributed by atoms with Crippen molar-refractivity contribution >= 4 is 22.6 Å². The van der Waals surface area contributed by atoms with Crippen LogP contribution in [0.5, 0.6) is 0 Å². The van der Waals surface area contributed by atoms with Gasteiger partial charge in [0, 0.05) is 33.4 Å². The lowest BCUT2D eigenvalue weighted by molar-refractivity contribution is 0.224. The van der Waals surface area contributed by atoms with Crippen LogP contribution in [-0.4, -0.2) is 31.9 Å². The zero-order chi connectivity index (χ0) is 23.8. The predicted octanol–water partition coefficient (Wildman–Crippen LogP) is 5.69. The molecule has 0 unspecified atom stereocenters. The number of pyridine rings is 1. The van der Waals surface area contributed by atoms with Crippen LogP contribution in [-0.2, 0) is 16.6 Å². The van der Waals surface area contributed by atoms with E-state index < -0.39 is 16.9 Å². The molecule has 0 amide bonds. The third-order valence-electron chi connectivity index (χ3n) is 5.21. The van der Waals surface area contributed by atoms with E-state index in [1.54, 1.807) is 0 Å². The summed E-state index contributed by atoms with van der Waals surface area (Å²) in [6.07, 6.45) is -0.775. The summed E-state index contributed by atoms with van der Waals surface area (Å²) < 4.78 is 12.5. The largest absolute Gasteiger partial charge is 0.391 e. The number of aromatic nitrogens is 1. The van der Waals surface area contributed by atoms with Crippen molar-refractivity contribution in [3.05, 3.63) is 108 Å². The summed E-state index contributed by atoms with van der Waals surface area (Å²) in [5, 5.41) is 21.1. The SMILES string of the molecule is N#Cc1c(-c2ccccc2)cc(-c2ccccc2)nc1SC[C@H](O)C[S@@](=O)Cc1ccccc1. The number of nitriles is 1. The van der Waals surface area contributed by atoms with Gasteiger partial charge in [-0.15, -0.1) is 11.8 Å². The highest BCUT2D eigenvalue weighted by atomic mass is 32.2. The number of aliphatic hydroxyl groups is 1. The number of rotatable bonds is 9. The van der Waals surface area contributed by atoms with E-state index in [0.717, 1.165) is 27.9 Å². The fraction of sp³-hybridized carbons (Fsp3) is 0.143. The van der Waals surface area contributed by atoms with Crippen LogP contribution < -0.4 is 0 Å². The van der Waals surface area contributed by atoms with Crippen LogP contribution in [0.4, 0.5) is 0 Å². The molecule has 1 aromatic heterocycles. The quantitative estimate of drug-likeness (QED) is 0.309. The molecule has 170 valence electrons. The monoisotopic (exact) mass is 484 g/mol. The maximum atomic E-state index is 12.5. The number of aliphatic hydroxyl groups excluding tert-OH is 1. The fourth-order valence-electron chi connectivity index (χ4n) is 3.59. The molecule has 2 atom stereocenters. The van der Waals surface area contributed by atoms with Gasteiger partial charge in [-0.25, -0.2) is 4.98 Å². The normalized spacial score (nSPS) is 12.6. The average Bonchev–Trinajstić information content (AvgIpc) is 2.88. The highest BCUT2D eigenvalue weighted by Crippen LogP contribution is 2.34. The standard InChI is InChI=1S/C28H24N2O2S2/c29-17-26-25(22-12-6-2-7-13-22)16-27(23-14-8-3-9-15-23)30-28(26)33-18-24(31)20-34(32)19-21-10-4-1-5-11-21/h1-16,24,31H,18-20H2/t24-,34-/m0/s1. The second-order valence-corrected chi connectivity index (χ2v) is 10.3. The molecule has 6 heteroatoms. The summed E-state index contributed by atoms with van der Waals surface area (Å²) in [7, 11) is -1.18. The van der Waals surface area contributed by atoms with E-state index in [2.05, 4.69) is 6.07 Å². The maximum Gasteiger partial charge on any atom is 0.115 e. The minimum atomic E-state index is -1.18. The molecule has 34 heavy (non-hydrogen) atoms. The average molecular weight is 485 g/mol. The van der Waals surface area contributed by atoms with Gasteiger partial charge in [0.25, 0.3) is 0 Å². The van der Waals surface area contributed by atoms with Crippen LogP contribution in [0.25, 0.3) is 22.4 Å². The third-order valence-corrected chi connectivity index (χ3v) is 7.75. The molecule has 3 aromatic carbocycles. The van der Waals surface area contributed by atoms with Gasteiger partial charge in [-0.05, 0) is 17.2 Å². The summed E-state index contributed by atoms with van der Waals surface area (Å²) in [6.45, 7) is 0. The molecule has 0 bridgehead atoms. The summed E-state index contributed by atoms with van der Waals surface area (Å²) in [6, 6.07) is 33.5. The molecule has 1 heterocycles. The Hall–Kier alpha value is -3.24. The van der Waals surface area contributed by atoms with E-state index in [0.29, 0.717) is 22.1 Å². The first kappa shape index (κ1) is 23.9. The van der Waals surface area contributed by atoms with Gasteiger partial charge in [-0.3, -0.25) is 4.21 Å². The lowest BCUT2D eigenvalue weighted by Gasteiger charge is -2.14. The first-order chi connectivity index (χ1) is 16.6. The Labute approximate surface area is 206 Å². The van der Waals surface area contributed by atoms with Gasteiger partial charge in [0.2, 0.25) is 0 Å². The Morgan fingerprint density at radius 1 is 0.912 bits per heavy atom. The Balaban J connectivity index is 1.56. The van der Waals surface area contributed by atoms with E-state index in [4.69, 9.17) is 4.98 Å². The molecule has 0 fully saturated rings. The van der Waals surface area contributed by atoms with Crippen LogP contribution in [0.2, 0.25) is 0 Å². The highest BCUT2D eigenvalue weighted by molar-refractivity contribution is 7.99. The molecule has 4 nitrogen and oxygen atoms in total. The van der Waals surface area contributed by atoms with E-state index in [1.165, 1.54) is 11.8 Å². The van der Waals surface area contributed by atoms with Gasteiger partial charge in [0.15, 0.2) is 0 Å². The first-order valence-corrected chi connectivity index (χ1v) is 13.4. The van der Waals surface area contributed by atoms with Crippen molar-refractivity contribution in [2.24, 2.45) is 0 Å². The van der Waals surface area contributed by atoms with Gasteiger partial charge >= 0.3 is 0 Å². The van der Waals surface area contributed by atoms with Crippen LogP contribution in [0.1, 0.15) is 11.1 Å². The van der Waals surface area contributed by atoms with Crippen molar-refractivity contribution < 1.29 is 9.32 Å². The zero-order valence-corrected chi connectivity index (χ0v) is 20.1. The molecule has 0 saturated heterocycles. The van der Waals surface area contributed by atoms with E-state index in [9.17, 15) is 14.6 Å². The Morgan fingerprint density at radius 3 is 2.12 bits per heavy atom. The Morgan fingerprint density at radius 2 is 1.50 bits per heavy atom. The Bertz CT molecular complexity index is 1290. The number of hydrogen-bond donors (Lipinski definition) is 1. The van der Waals surface area contributed by atoms with E-state index >= 15 is 0 Å². The highest BCUT2D eigenvalue weighted by Gasteiger charge is 2.18. The summed E-state index contributed by atoms with van der Waals surface area (Å²) >= 11 is 1.33. The second-order valence-electron chi connectivity index (χ2n) is 7.78. The summed E-state index contributed by atoms with van der Waals surface area (Å²) in [4.78, 5) is 4.77. The smallest absolute Gasteiger partial charge is 0.115 e. The summed E-state index contributed by atoms with van der Waals surface area (Å²) in [5.74, 6) is 0.883. The fourth-order valence-corrected chi connectivity index (χ4v) is 5.90. The third kappa shape index (κ3) is 6.21. The maximum absolute atomic E-state index is 12.5. The number of hydrogen-bond acceptors (Lipinski definition) is 5. The second kappa shape index (κ2) is 11.8. The molecular formula is C28H24N2O2S2. The van der Waals surface area contributed by atoms with Crippen molar-refractivity contribution in [1.29, 1.82) is 5.26 Å². The molecule has 0 spiro atoms. The molecule has 0 aliphatic carbocycles. The van der Waals surface area contributed by atoms with E-state index in [1.807, 2.05) is 97.1 Å². The van der Waals surface area contributed by atoms with Gasteiger partial charge in [0.1, 0.15) is 11.1 Å². The minimum absolute atomic E-state index is 0.174. The summed E-state index contributed by atoms with van der Waals surface area (Å²) in [5.41, 5.74) is 4.93. The topological polar surface area (TPSA) is 74.0 Å². The van der Waals surface area contributed by atoms with Crippen molar-refractivity contribution in [1.82, 2.24) is 4.98 Å². The number of benzene rings is 3. The lowest BCUT2D eigenvalue weighted by atomic mass is 9.99.